The van der Waals surface area contributed by atoms with Gasteiger partial charge in [0.2, 0.25) is 0 Å². The predicted molar refractivity (Wildman–Crippen MR) is 96.1 cm³/mol. The molecule has 10 nitrogen and oxygen atoms in total. The van der Waals surface area contributed by atoms with Gasteiger partial charge in [0.05, 0.1) is 4.90 Å². The van der Waals surface area contributed by atoms with Crippen molar-refractivity contribution in [3.63, 3.8) is 0 Å². The summed E-state index contributed by atoms with van der Waals surface area (Å²) in [7, 11) is -3.79. The number of aromatic nitrogens is 3. The number of nitrogens with two attached hydrogens (primary N) is 1. The van der Waals surface area contributed by atoms with E-state index in [1.54, 1.807) is 25.1 Å². The largest absolute Gasteiger partial charge is 0.393 e. The summed E-state index contributed by atoms with van der Waals surface area (Å²) in [6.07, 6.45) is 1.23. The highest BCUT2D eigenvalue weighted by Crippen LogP contribution is 2.25. The van der Waals surface area contributed by atoms with Crippen molar-refractivity contribution < 1.29 is 12.9 Å². The number of anilines is 4. The van der Waals surface area contributed by atoms with Crippen LogP contribution in [0.5, 0.6) is 0 Å². The summed E-state index contributed by atoms with van der Waals surface area (Å²) in [4.78, 5) is 10.3. The Labute approximate surface area is 149 Å². The van der Waals surface area contributed by atoms with Crippen molar-refractivity contribution >= 4 is 33.2 Å². The number of aryl methyl sites for hydroxylation is 2. The lowest BCUT2D eigenvalue weighted by Crippen LogP contribution is -2.30. The predicted octanol–water partition coefficient (Wildman–Crippen LogP) is 1.71. The third-order valence-electron chi connectivity index (χ3n) is 3.39. The first kappa shape index (κ1) is 17.6. The van der Waals surface area contributed by atoms with E-state index in [2.05, 4.69) is 30.7 Å². The number of nitrogens with zero attached hydrogens (tertiary/aromatic N) is 3. The Bertz CT molecular complexity index is 1020. The van der Waals surface area contributed by atoms with E-state index < -0.39 is 10.0 Å². The number of sulfonamides is 1. The van der Waals surface area contributed by atoms with Gasteiger partial charge in [-0.05, 0) is 26.0 Å². The summed E-state index contributed by atoms with van der Waals surface area (Å²) in [5.41, 5.74) is 9.55. The summed E-state index contributed by atoms with van der Waals surface area (Å²) in [6.45, 7) is 3.61. The van der Waals surface area contributed by atoms with Crippen molar-refractivity contribution in [1.82, 2.24) is 20.0 Å². The molecule has 0 spiro atoms. The van der Waals surface area contributed by atoms with Crippen LogP contribution in [-0.4, -0.2) is 23.5 Å². The van der Waals surface area contributed by atoms with Crippen molar-refractivity contribution in [3.8, 4) is 0 Å². The summed E-state index contributed by atoms with van der Waals surface area (Å²) in [6, 6.07) is 8.07. The van der Waals surface area contributed by atoms with Gasteiger partial charge in [-0.15, -0.1) is 4.83 Å². The summed E-state index contributed by atoms with van der Waals surface area (Å²) < 4.78 is 29.6. The minimum Gasteiger partial charge on any atom is -0.393 e. The van der Waals surface area contributed by atoms with Crippen LogP contribution in [0.1, 0.15) is 11.3 Å². The molecule has 0 amide bonds. The molecular weight excluding hydrogens is 358 g/mol. The number of hydrogen-bond donors (Lipinski definition) is 4. The van der Waals surface area contributed by atoms with Crippen LogP contribution in [0.3, 0.4) is 0 Å². The van der Waals surface area contributed by atoms with Crippen LogP contribution < -0.4 is 21.3 Å². The highest BCUT2D eigenvalue weighted by molar-refractivity contribution is 7.89. The minimum absolute atomic E-state index is 0.0957. The second kappa shape index (κ2) is 6.98. The molecule has 0 atom stereocenters. The molecular formula is C15H17N7O3S. The van der Waals surface area contributed by atoms with Gasteiger partial charge in [-0.2, -0.15) is 0 Å². The zero-order valence-corrected chi connectivity index (χ0v) is 14.8. The monoisotopic (exact) mass is 375 g/mol. The van der Waals surface area contributed by atoms with Crippen LogP contribution in [0.15, 0.2) is 46.1 Å². The van der Waals surface area contributed by atoms with Gasteiger partial charge < -0.3 is 15.6 Å². The summed E-state index contributed by atoms with van der Waals surface area (Å²) >= 11 is 0. The van der Waals surface area contributed by atoms with Gasteiger partial charge in [-0.1, -0.05) is 22.9 Å². The second-order valence-corrected chi connectivity index (χ2v) is 7.16. The van der Waals surface area contributed by atoms with Gasteiger partial charge in [-0.25, -0.2) is 18.4 Å². The molecule has 2 aromatic heterocycles. The van der Waals surface area contributed by atoms with Gasteiger partial charge in [0, 0.05) is 6.07 Å². The van der Waals surface area contributed by atoms with Crippen LogP contribution in [0, 0.1) is 13.8 Å². The van der Waals surface area contributed by atoms with Crippen molar-refractivity contribution in [2.24, 2.45) is 0 Å². The molecule has 136 valence electrons. The number of nitrogens with one attached hydrogen (secondary N) is 3. The van der Waals surface area contributed by atoms with Gasteiger partial charge in [0.15, 0.2) is 17.5 Å². The lowest BCUT2D eigenvalue weighted by molar-refractivity contribution is 0.400. The van der Waals surface area contributed by atoms with Crippen LogP contribution in [-0.2, 0) is 10.0 Å². The van der Waals surface area contributed by atoms with E-state index in [0.717, 1.165) is 5.56 Å². The number of nitrogen functional groups attached to an aromatic ring is 1. The molecule has 5 N–H and O–H groups in total. The van der Waals surface area contributed by atoms with Crippen molar-refractivity contribution in [2.45, 2.75) is 18.7 Å². The molecule has 0 bridgehead atoms. The van der Waals surface area contributed by atoms with Crippen molar-refractivity contribution in [2.75, 3.05) is 16.5 Å². The number of hydrogen-bond acceptors (Lipinski definition) is 9. The first-order valence-electron chi connectivity index (χ1n) is 7.50. The third-order valence-corrected chi connectivity index (χ3v) is 4.66. The van der Waals surface area contributed by atoms with E-state index >= 15 is 0 Å². The Hall–Kier alpha value is -3.18. The third kappa shape index (κ3) is 3.90. The SMILES string of the molecule is Cc1ccc(S(=O)(=O)NNc2ncnc(Nc3cc(C)on3)c2N)cc1. The molecule has 0 saturated carbocycles. The summed E-state index contributed by atoms with van der Waals surface area (Å²) in [5, 5.41) is 6.65. The molecule has 2 heterocycles. The molecule has 0 aliphatic heterocycles. The first-order valence-corrected chi connectivity index (χ1v) is 8.99. The Balaban J connectivity index is 1.75. The molecule has 3 aromatic rings. The quantitative estimate of drug-likeness (QED) is 0.472. The molecule has 11 heteroatoms. The molecule has 3 rings (SSSR count). The van der Waals surface area contributed by atoms with Gasteiger partial charge in [0.1, 0.15) is 17.8 Å². The second-order valence-electron chi connectivity index (χ2n) is 5.48. The zero-order valence-electron chi connectivity index (χ0n) is 14.0. The van der Waals surface area contributed by atoms with Gasteiger partial charge in [-0.3, -0.25) is 5.43 Å². The lowest BCUT2D eigenvalue weighted by atomic mass is 10.2. The molecule has 0 unspecified atom stereocenters. The molecule has 26 heavy (non-hydrogen) atoms. The van der Waals surface area contributed by atoms with Crippen LogP contribution in [0.25, 0.3) is 0 Å². The fourth-order valence-electron chi connectivity index (χ4n) is 2.03. The average Bonchev–Trinajstić information content (AvgIpc) is 3.01. The molecule has 1 aromatic carbocycles. The van der Waals surface area contributed by atoms with Gasteiger partial charge >= 0.3 is 0 Å². The maximum atomic E-state index is 12.3. The van der Waals surface area contributed by atoms with Crippen molar-refractivity contribution in [3.05, 3.63) is 48.0 Å². The van der Waals surface area contributed by atoms with Crippen LogP contribution in [0.2, 0.25) is 0 Å². The smallest absolute Gasteiger partial charge is 0.257 e. The van der Waals surface area contributed by atoms with Crippen molar-refractivity contribution in [1.29, 1.82) is 0 Å². The van der Waals surface area contributed by atoms with E-state index in [-0.39, 0.29) is 22.2 Å². The molecule has 0 aliphatic rings. The van der Waals surface area contributed by atoms with Crippen LogP contribution >= 0.6 is 0 Å². The summed E-state index contributed by atoms with van der Waals surface area (Å²) in [5.74, 6) is 1.38. The van der Waals surface area contributed by atoms with E-state index in [1.165, 1.54) is 18.5 Å². The number of hydrazine groups is 1. The van der Waals surface area contributed by atoms with E-state index in [0.29, 0.717) is 11.6 Å². The number of rotatable bonds is 6. The molecule has 0 radical (unpaired) electrons. The standard InChI is InChI=1S/C15H17N7O3S/c1-9-3-5-11(6-4-9)26(23,24)22-20-15-13(16)14(17-8-18-15)19-12-7-10(2)25-21-12/h3-8,22H,16H2,1-2H3,(H2,17,18,19,20,21). The molecule has 0 saturated heterocycles. The Kier molecular flexibility index (Phi) is 4.73. The average molecular weight is 375 g/mol. The van der Waals surface area contributed by atoms with Gasteiger partial charge in [0.25, 0.3) is 10.0 Å². The van der Waals surface area contributed by atoms with Crippen LogP contribution in [0.4, 0.5) is 23.1 Å². The van der Waals surface area contributed by atoms with E-state index in [4.69, 9.17) is 10.3 Å². The first-order chi connectivity index (χ1) is 12.3. The highest BCUT2D eigenvalue weighted by Gasteiger charge is 2.16. The fourth-order valence-corrected chi connectivity index (χ4v) is 2.88. The van der Waals surface area contributed by atoms with E-state index in [1.807, 2.05) is 6.92 Å². The Morgan fingerprint density at radius 3 is 2.42 bits per heavy atom. The Morgan fingerprint density at radius 2 is 1.77 bits per heavy atom. The van der Waals surface area contributed by atoms with E-state index in [9.17, 15) is 8.42 Å². The molecule has 0 aliphatic carbocycles. The highest BCUT2D eigenvalue weighted by atomic mass is 32.2. The maximum absolute atomic E-state index is 12.3. The Morgan fingerprint density at radius 1 is 1.08 bits per heavy atom. The minimum atomic E-state index is -3.79. The maximum Gasteiger partial charge on any atom is 0.257 e. The topological polar surface area (TPSA) is 148 Å². The zero-order chi connectivity index (χ0) is 18.7. The normalized spacial score (nSPS) is 11.3. The number of benzene rings is 1. The lowest BCUT2D eigenvalue weighted by Gasteiger charge is -2.12. The fraction of sp³-hybridized carbons (Fsp3) is 0.133. The molecule has 0 fully saturated rings.